The molecule has 3 nitrogen and oxygen atoms in total. The predicted molar refractivity (Wildman–Crippen MR) is 87.7 cm³/mol. The number of hydrogen-bond acceptors (Lipinski definition) is 2. The maximum absolute atomic E-state index is 6.34. The quantitative estimate of drug-likeness (QED) is 0.695. The third kappa shape index (κ3) is 2.00. The lowest BCUT2D eigenvalue weighted by molar-refractivity contribution is 1.07. The minimum Gasteiger partial charge on any atom is -0.369 e. The highest BCUT2D eigenvalue weighted by molar-refractivity contribution is 9.10. The van der Waals surface area contributed by atoms with Crippen molar-refractivity contribution in [1.82, 2.24) is 9.55 Å². The Kier molecular flexibility index (Phi) is 3.22. The fourth-order valence-electron chi connectivity index (χ4n) is 2.59. The summed E-state index contributed by atoms with van der Waals surface area (Å²) < 4.78 is 2.97. The topological polar surface area (TPSA) is 43.8 Å². The summed E-state index contributed by atoms with van der Waals surface area (Å²) >= 11 is 9.85. The Morgan fingerprint density at radius 2 is 1.85 bits per heavy atom. The standard InChI is InChI=1S/C15H13BrClN3/c1-8-6-10(16)7-9(2)13(8)20-14-11(17)4-3-5-12(14)19-15(20)18/h3-7H,1-2H3,(H2,18,19). The van der Waals surface area contributed by atoms with Crippen LogP contribution < -0.4 is 5.73 Å². The van der Waals surface area contributed by atoms with Crippen LogP contribution in [0, 0.1) is 13.8 Å². The number of rotatable bonds is 1. The molecule has 20 heavy (non-hydrogen) atoms. The molecule has 1 heterocycles. The lowest BCUT2D eigenvalue weighted by Gasteiger charge is -2.14. The number of nitrogen functional groups attached to an aromatic ring is 1. The number of halogens is 2. The van der Waals surface area contributed by atoms with Crippen LogP contribution in [0.4, 0.5) is 5.95 Å². The molecular weight excluding hydrogens is 338 g/mol. The van der Waals surface area contributed by atoms with Crippen LogP contribution in [0.2, 0.25) is 5.02 Å². The van der Waals surface area contributed by atoms with E-state index in [4.69, 9.17) is 17.3 Å². The first-order valence-corrected chi connectivity index (χ1v) is 7.35. The molecule has 2 aromatic carbocycles. The molecular formula is C15H13BrClN3. The summed E-state index contributed by atoms with van der Waals surface area (Å²) in [7, 11) is 0. The van der Waals surface area contributed by atoms with Gasteiger partial charge in [-0.15, -0.1) is 0 Å². The van der Waals surface area contributed by atoms with Gasteiger partial charge in [0.05, 0.1) is 21.7 Å². The molecule has 0 saturated heterocycles. The number of anilines is 1. The molecule has 3 rings (SSSR count). The molecule has 0 spiro atoms. The lowest BCUT2D eigenvalue weighted by Crippen LogP contribution is -2.05. The van der Waals surface area contributed by atoms with Crippen molar-refractivity contribution < 1.29 is 0 Å². The smallest absolute Gasteiger partial charge is 0.206 e. The van der Waals surface area contributed by atoms with Crippen LogP contribution in [0.15, 0.2) is 34.8 Å². The minimum absolute atomic E-state index is 0.446. The Balaban J connectivity index is 2.44. The number of aromatic nitrogens is 2. The number of nitrogens with two attached hydrogens (primary N) is 1. The second-order valence-electron chi connectivity index (χ2n) is 4.80. The van der Waals surface area contributed by atoms with Crippen molar-refractivity contribution >= 4 is 44.5 Å². The Hall–Kier alpha value is -1.52. The number of aryl methyl sites for hydroxylation is 2. The van der Waals surface area contributed by atoms with Crippen molar-refractivity contribution in [3.63, 3.8) is 0 Å². The molecule has 0 aliphatic heterocycles. The fourth-order valence-corrected chi connectivity index (χ4v) is 3.53. The van der Waals surface area contributed by atoms with Gasteiger partial charge >= 0.3 is 0 Å². The van der Waals surface area contributed by atoms with E-state index in [0.717, 1.165) is 32.3 Å². The monoisotopic (exact) mass is 349 g/mol. The third-order valence-corrected chi connectivity index (χ3v) is 4.10. The van der Waals surface area contributed by atoms with Crippen molar-refractivity contribution in [3.8, 4) is 5.69 Å². The molecule has 1 aromatic heterocycles. The van der Waals surface area contributed by atoms with E-state index >= 15 is 0 Å². The van der Waals surface area contributed by atoms with Gasteiger partial charge in [0.15, 0.2) is 0 Å². The van der Waals surface area contributed by atoms with E-state index in [9.17, 15) is 0 Å². The first-order chi connectivity index (χ1) is 9.49. The van der Waals surface area contributed by atoms with Crippen LogP contribution in [0.5, 0.6) is 0 Å². The molecule has 0 fully saturated rings. The number of hydrogen-bond donors (Lipinski definition) is 1. The lowest BCUT2D eigenvalue weighted by atomic mass is 10.1. The van der Waals surface area contributed by atoms with E-state index in [1.165, 1.54) is 0 Å². The Morgan fingerprint density at radius 1 is 1.20 bits per heavy atom. The van der Waals surface area contributed by atoms with E-state index in [-0.39, 0.29) is 0 Å². The summed E-state index contributed by atoms with van der Waals surface area (Å²) in [6.45, 7) is 4.10. The van der Waals surface area contributed by atoms with Crippen LogP contribution in [-0.4, -0.2) is 9.55 Å². The normalized spacial score (nSPS) is 11.2. The Morgan fingerprint density at radius 3 is 2.50 bits per heavy atom. The van der Waals surface area contributed by atoms with Gasteiger partial charge in [-0.05, 0) is 49.2 Å². The maximum Gasteiger partial charge on any atom is 0.206 e. The predicted octanol–water partition coefficient (Wildman–Crippen LogP) is 4.64. The number of imidazole rings is 1. The Labute approximate surface area is 130 Å². The summed E-state index contributed by atoms with van der Waals surface area (Å²) in [5, 5.41) is 0.647. The van der Waals surface area contributed by atoms with Crippen molar-refractivity contribution in [2.45, 2.75) is 13.8 Å². The highest BCUT2D eigenvalue weighted by atomic mass is 79.9. The molecule has 0 atom stereocenters. The second kappa shape index (κ2) is 4.79. The van der Waals surface area contributed by atoms with Gasteiger partial charge in [-0.1, -0.05) is 33.6 Å². The van der Waals surface area contributed by atoms with E-state index in [2.05, 4.69) is 46.9 Å². The summed E-state index contributed by atoms with van der Waals surface area (Å²) in [5.41, 5.74) is 11.0. The summed E-state index contributed by atoms with van der Waals surface area (Å²) in [4.78, 5) is 4.40. The average molecular weight is 351 g/mol. The van der Waals surface area contributed by atoms with E-state index in [1.54, 1.807) is 0 Å². The van der Waals surface area contributed by atoms with Crippen LogP contribution in [-0.2, 0) is 0 Å². The first-order valence-electron chi connectivity index (χ1n) is 6.18. The summed E-state index contributed by atoms with van der Waals surface area (Å²) in [6, 6.07) is 9.76. The number of fused-ring (bicyclic) bond motifs is 1. The zero-order chi connectivity index (χ0) is 14.4. The largest absolute Gasteiger partial charge is 0.369 e. The molecule has 5 heteroatoms. The van der Waals surface area contributed by atoms with Gasteiger partial charge in [-0.2, -0.15) is 0 Å². The van der Waals surface area contributed by atoms with Crippen molar-refractivity contribution in [1.29, 1.82) is 0 Å². The molecule has 0 amide bonds. The van der Waals surface area contributed by atoms with Crippen molar-refractivity contribution in [3.05, 3.63) is 51.0 Å². The van der Waals surface area contributed by atoms with E-state index in [0.29, 0.717) is 11.0 Å². The fraction of sp³-hybridized carbons (Fsp3) is 0.133. The number of benzene rings is 2. The van der Waals surface area contributed by atoms with Gasteiger partial charge in [0.2, 0.25) is 5.95 Å². The Bertz CT molecular complexity index is 800. The van der Waals surface area contributed by atoms with Crippen LogP contribution in [0.25, 0.3) is 16.7 Å². The molecule has 102 valence electrons. The molecule has 0 saturated carbocycles. The van der Waals surface area contributed by atoms with Gasteiger partial charge in [0.1, 0.15) is 0 Å². The molecule has 2 N–H and O–H groups in total. The van der Waals surface area contributed by atoms with Gasteiger partial charge < -0.3 is 5.73 Å². The van der Waals surface area contributed by atoms with E-state index < -0.39 is 0 Å². The molecule has 0 aliphatic carbocycles. The molecule has 0 radical (unpaired) electrons. The van der Waals surface area contributed by atoms with E-state index in [1.807, 2.05) is 22.8 Å². The summed E-state index contributed by atoms with van der Waals surface area (Å²) in [5.74, 6) is 0.446. The average Bonchev–Trinajstić information content (AvgIpc) is 2.66. The SMILES string of the molecule is Cc1cc(Br)cc(C)c1-n1c(N)nc2cccc(Cl)c21. The van der Waals surface area contributed by atoms with Crippen molar-refractivity contribution in [2.75, 3.05) is 5.73 Å². The van der Waals surface area contributed by atoms with Gasteiger partial charge in [0.25, 0.3) is 0 Å². The molecule has 0 unspecified atom stereocenters. The molecule has 0 bridgehead atoms. The highest BCUT2D eigenvalue weighted by Gasteiger charge is 2.16. The zero-order valence-corrected chi connectivity index (χ0v) is 13.5. The minimum atomic E-state index is 0.446. The van der Waals surface area contributed by atoms with Gasteiger partial charge in [-0.3, -0.25) is 4.57 Å². The van der Waals surface area contributed by atoms with Gasteiger partial charge in [-0.25, -0.2) is 4.98 Å². The molecule has 3 aromatic rings. The van der Waals surface area contributed by atoms with Gasteiger partial charge in [0, 0.05) is 4.47 Å². The van der Waals surface area contributed by atoms with Crippen molar-refractivity contribution in [2.24, 2.45) is 0 Å². The first kappa shape index (κ1) is 13.5. The number of nitrogens with zero attached hydrogens (tertiary/aromatic N) is 2. The van der Waals surface area contributed by atoms with Crippen LogP contribution in [0.3, 0.4) is 0 Å². The summed E-state index contributed by atoms with van der Waals surface area (Å²) in [6.07, 6.45) is 0. The van der Waals surface area contributed by atoms with Crippen LogP contribution >= 0.6 is 27.5 Å². The second-order valence-corrected chi connectivity index (χ2v) is 6.12. The highest BCUT2D eigenvalue weighted by Crippen LogP contribution is 2.33. The van der Waals surface area contributed by atoms with Crippen LogP contribution in [0.1, 0.15) is 11.1 Å². The molecule has 0 aliphatic rings. The zero-order valence-electron chi connectivity index (χ0n) is 11.1. The third-order valence-electron chi connectivity index (χ3n) is 3.33. The number of para-hydroxylation sites is 1. The maximum atomic E-state index is 6.34.